The van der Waals surface area contributed by atoms with Crippen LogP contribution in [-0.2, 0) is 20.7 Å². The van der Waals surface area contributed by atoms with Gasteiger partial charge >= 0.3 is 11.9 Å². The Morgan fingerprint density at radius 1 is 1.32 bits per heavy atom. The summed E-state index contributed by atoms with van der Waals surface area (Å²) in [5, 5.41) is 0. The van der Waals surface area contributed by atoms with Crippen LogP contribution < -0.4 is 0 Å². The van der Waals surface area contributed by atoms with Crippen LogP contribution in [0, 0.1) is 0 Å². The van der Waals surface area contributed by atoms with Crippen LogP contribution in [0.1, 0.15) is 43.2 Å². The Kier molecular flexibility index (Phi) is 5.03. The van der Waals surface area contributed by atoms with Crippen molar-refractivity contribution in [1.29, 1.82) is 0 Å². The Morgan fingerprint density at radius 2 is 2.00 bits per heavy atom. The van der Waals surface area contributed by atoms with Gasteiger partial charge in [-0.25, -0.2) is 4.79 Å². The van der Waals surface area contributed by atoms with Gasteiger partial charge in [0.05, 0.1) is 24.8 Å². The maximum atomic E-state index is 11.6. The van der Waals surface area contributed by atoms with E-state index in [1.165, 1.54) is 7.11 Å². The Hall–Kier alpha value is -1.91. The highest BCUT2D eigenvalue weighted by Gasteiger charge is 2.18. The lowest BCUT2D eigenvalue weighted by atomic mass is 10.1. The highest BCUT2D eigenvalue weighted by molar-refractivity contribution is 5.90. The summed E-state index contributed by atoms with van der Waals surface area (Å²) in [5.74, 6) is -0.763. The number of hydrogen-bond donors (Lipinski definition) is 0. The first-order valence-electron chi connectivity index (χ1n) is 6.07. The average molecular weight is 265 g/mol. The molecule has 1 aromatic rings. The van der Waals surface area contributed by atoms with Gasteiger partial charge in [0, 0.05) is 12.6 Å². The summed E-state index contributed by atoms with van der Waals surface area (Å²) < 4.78 is 9.87. The molecule has 0 N–H and O–H groups in total. The highest BCUT2D eigenvalue weighted by Crippen LogP contribution is 2.12. The van der Waals surface area contributed by atoms with Gasteiger partial charge in [-0.3, -0.25) is 9.78 Å². The number of carbonyl (C=O) groups is 2. The van der Waals surface area contributed by atoms with Crippen LogP contribution in [0.3, 0.4) is 0 Å². The van der Waals surface area contributed by atoms with E-state index in [2.05, 4.69) is 9.72 Å². The normalized spacial score (nSPS) is 10.9. The quantitative estimate of drug-likeness (QED) is 0.780. The van der Waals surface area contributed by atoms with E-state index in [9.17, 15) is 9.59 Å². The lowest BCUT2D eigenvalue weighted by Crippen LogP contribution is -2.24. The maximum absolute atomic E-state index is 11.6. The molecule has 0 unspecified atom stereocenters. The minimum atomic E-state index is -0.508. The van der Waals surface area contributed by atoms with Gasteiger partial charge in [0.2, 0.25) is 0 Å². The van der Waals surface area contributed by atoms with E-state index >= 15 is 0 Å². The van der Waals surface area contributed by atoms with Crippen molar-refractivity contribution < 1.29 is 19.1 Å². The smallest absolute Gasteiger partial charge is 0.339 e. The number of aryl methyl sites for hydroxylation is 1. The standard InChI is InChI=1S/C14H19NO4/c1-14(2,3)19-12(16)8-7-11-10(13(17)18-4)6-5-9-15-11/h5-6,9H,7-8H2,1-4H3. The molecule has 0 aliphatic heterocycles. The van der Waals surface area contributed by atoms with E-state index in [1.54, 1.807) is 18.3 Å². The van der Waals surface area contributed by atoms with Crippen molar-refractivity contribution >= 4 is 11.9 Å². The second-order valence-electron chi connectivity index (χ2n) is 5.08. The second-order valence-corrected chi connectivity index (χ2v) is 5.08. The zero-order chi connectivity index (χ0) is 14.5. The summed E-state index contributed by atoms with van der Waals surface area (Å²) in [7, 11) is 1.31. The molecule has 0 saturated heterocycles. The van der Waals surface area contributed by atoms with Gasteiger partial charge < -0.3 is 9.47 Å². The Morgan fingerprint density at radius 3 is 2.58 bits per heavy atom. The minimum Gasteiger partial charge on any atom is -0.465 e. The van der Waals surface area contributed by atoms with Crippen molar-refractivity contribution in [2.24, 2.45) is 0 Å². The molecule has 0 aromatic carbocycles. The molecule has 5 heteroatoms. The molecule has 0 fully saturated rings. The van der Waals surface area contributed by atoms with Crippen molar-refractivity contribution in [3.05, 3.63) is 29.6 Å². The molecule has 0 bridgehead atoms. The van der Waals surface area contributed by atoms with Gasteiger partial charge in [-0.15, -0.1) is 0 Å². The topological polar surface area (TPSA) is 65.5 Å². The van der Waals surface area contributed by atoms with Crippen molar-refractivity contribution in [2.75, 3.05) is 7.11 Å². The number of methoxy groups -OCH3 is 1. The molecule has 19 heavy (non-hydrogen) atoms. The molecular formula is C14H19NO4. The molecule has 1 heterocycles. The Balaban J connectivity index is 2.68. The van der Waals surface area contributed by atoms with Crippen LogP contribution in [0.5, 0.6) is 0 Å². The zero-order valence-corrected chi connectivity index (χ0v) is 11.7. The molecule has 0 aliphatic carbocycles. The molecule has 0 amide bonds. The number of esters is 2. The van der Waals surface area contributed by atoms with Gasteiger partial charge in [0.1, 0.15) is 5.60 Å². The fourth-order valence-corrected chi connectivity index (χ4v) is 1.55. The van der Waals surface area contributed by atoms with E-state index in [-0.39, 0.29) is 12.4 Å². The molecular weight excluding hydrogens is 246 g/mol. The number of carbonyl (C=O) groups excluding carboxylic acids is 2. The van der Waals surface area contributed by atoms with E-state index in [0.717, 1.165) is 0 Å². The SMILES string of the molecule is COC(=O)c1cccnc1CCC(=O)OC(C)(C)C. The lowest BCUT2D eigenvalue weighted by Gasteiger charge is -2.19. The van der Waals surface area contributed by atoms with E-state index in [0.29, 0.717) is 17.7 Å². The molecule has 0 atom stereocenters. The second kappa shape index (κ2) is 6.31. The number of nitrogens with zero attached hydrogens (tertiary/aromatic N) is 1. The number of hydrogen-bond acceptors (Lipinski definition) is 5. The lowest BCUT2D eigenvalue weighted by molar-refractivity contribution is -0.154. The van der Waals surface area contributed by atoms with Gasteiger partial charge in [0.15, 0.2) is 0 Å². The first-order chi connectivity index (χ1) is 8.83. The van der Waals surface area contributed by atoms with Crippen LogP contribution in [-0.4, -0.2) is 29.6 Å². The zero-order valence-electron chi connectivity index (χ0n) is 11.7. The van der Waals surface area contributed by atoms with Crippen molar-refractivity contribution in [2.45, 2.75) is 39.2 Å². The summed E-state index contributed by atoms with van der Waals surface area (Å²) in [5.41, 5.74) is 0.417. The number of pyridine rings is 1. The van der Waals surface area contributed by atoms with Crippen LogP contribution in [0.25, 0.3) is 0 Å². The Labute approximate surface area is 112 Å². The summed E-state index contributed by atoms with van der Waals surface area (Å²) in [6, 6.07) is 3.28. The third-order valence-electron chi connectivity index (χ3n) is 2.28. The fraction of sp³-hybridized carbons (Fsp3) is 0.500. The first-order valence-corrected chi connectivity index (χ1v) is 6.07. The largest absolute Gasteiger partial charge is 0.465 e. The summed E-state index contributed by atoms with van der Waals surface area (Å²) >= 11 is 0. The number of aromatic nitrogens is 1. The predicted octanol–water partition coefficient (Wildman–Crippen LogP) is 2.14. The van der Waals surface area contributed by atoms with E-state index in [4.69, 9.17) is 4.74 Å². The maximum Gasteiger partial charge on any atom is 0.339 e. The molecule has 5 nitrogen and oxygen atoms in total. The molecule has 1 aromatic heterocycles. The van der Waals surface area contributed by atoms with Crippen LogP contribution in [0.4, 0.5) is 0 Å². The number of ether oxygens (including phenoxy) is 2. The molecule has 1 rings (SSSR count). The van der Waals surface area contributed by atoms with Crippen molar-refractivity contribution in [1.82, 2.24) is 4.98 Å². The number of rotatable bonds is 4. The molecule has 0 aliphatic rings. The molecule has 0 spiro atoms. The van der Waals surface area contributed by atoms with E-state index < -0.39 is 11.6 Å². The monoisotopic (exact) mass is 265 g/mol. The average Bonchev–Trinajstić information content (AvgIpc) is 2.33. The van der Waals surface area contributed by atoms with Gasteiger partial charge in [0.25, 0.3) is 0 Å². The summed E-state index contributed by atoms with van der Waals surface area (Å²) in [6.07, 6.45) is 2.11. The minimum absolute atomic E-state index is 0.179. The predicted molar refractivity (Wildman–Crippen MR) is 69.7 cm³/mol. The molecule has 0 saturated carbocycles. The molecule has 0 radical (unpaired) electrons. The van der Waals surface area contributed by atoms with Gasteiger partial charge in [-0.1, -0.05) is 0 Å². The summed E-state index contributed by atoms with van der Waals surface area (Å²) in [6.45, 7) is 5.43. The van der Waals surface area contributed by atoms with Gasteiger partial charge in [-0.2, -0.15) is 0 Å². The third-order valence-corrected chi connectivity index (χ3v) is 2.28. The highest BCUT2D eigenvalue weighted by atomic mass is 16.6. The summed E-state index contributed by atoms with van der Waals surface area (Å²) in [4.78, 5) is 27.3. The van der Waals surface area contributed by atoms with Crippen molar-refractivity contribution in [3.63, 3.8) is 0 Å². The Bertz CT molecular complexity index is 463. The van der Waals surface area contributed by atoms with Gasteiger partial charge in [-0.05, 0) is 32.9 Å². The third kappa shape index (κ3) is 5.07. The van der Waals surface area contributed by atoms with Crippen LogP contribution >= 0.6 is 0 Å². The fourth-order valence-electron chi connectivity index (χ4n) is 1.55. The van der Waals surface area contributed by atoms with E-state index in [1.807, 2.05) is 20.8 Å². The first kappa shape index (κ1) is 15.1. The molecule has 104 valence electrons. The van der Waals surface area contributed by atoms with Crippen LogP contribution in [0.2, 0.25) is 0 Å². The van der Waals surface area contributed by atoms with Crippen LogP contribution in [0.15, 0.2) is 18.3 Å². The van der Waals surface area contributed by atoms with Crippen molar-refractivity contribution in [3.8, 4) is 0 Å².